The van der Waals surface area contributed by atoms with Crippen molar-refractivity contribution in [2.75, 3.05) is 19.8 Å². The summed E-state index contributed by atoms with van der Waals surface area (Å²) in [7, 11) is 0. The fourth-order valence-electron chi connectivity index (χ4n) is 1.09. The van der Waals surface area contributed by atoms with Crippen LogP contribution in [0.5, 0.6) is 0 Å². The van der Waals surface area contributed by atoms with Crippen LogP contribution < -0.4 is 0 Å². The molecule has 1 aliphatic rings. The highest BCUT2D eigenvalue weighted by atomic mass is 16.5. The van der Waals surface area contributed by atoms with Gasteiger partial charge in [-0.15, -0.1) is 0 Å². The Hall–Kier alpha value is -1.36. The van der Waals surface area contributed by atoms with Gasteiger partial charge >= 0.3 is 5.97 Å². The second-order valence-corrected chi connectivity index (χ2v) is 2.77. The highest BCUT2D eigenvalue weighted by Gasteiger charge is 2.24. The van der Waals surface area contributed by atoms with Crippen LogP contribution in [0.15, 0.2) is 11.3 Å². The molecule has 0 spiro atoms. The minimum Gasteiger partial charge on any atom is -0.501 e. The minimum atomic E-state index is -0.874. The number of esters is 1. The molecule has 1 saturated heterocycles. The van der Waals surface area contributed by atoms with Crippen molar-refractivity contribution >= 4 is 11.8 Å². The Morgan fingerprint density at radius 1 is 1.64 bits per heavy atom. The fraction of sp³-hybridized carbons (Fsp3) is 0.556. The van der Waals surface area contributed by atoms with E-state index < -0.39 is 11.7 Å². The van der Waals surface area contributed by atoms with E-state index in [0.29, 0.717) is 6.61 Å². The van der Waals surface area contributed by atoms with Crippen LogP contribution in [0.25, 0.3) is 0 Å². The van der Waals surface area contributed by atoms with Gasteiger partial charge in [0.2, 0.25) is 5.76 Å². The molecule has 0 bridgehead atoms. The van der Waals surface area contributed by atoms with Crippen LogP contribution in [0, 0.1) is 0 Å². The van der Waals surface area contributed by atoms with E-state index in [1.165, 1.54) is 0 Å². The molecular weight excluding hydrogens is 188 g/mol. The van der Waals surface area contributed by atoms with Crippen LogP contribution in [-0.2, 0) is 19.1 Å². The fourth-order valence-corrected chi connectivity index (χ4v) is 1.09. The quantitative estimate of drug-likeness (QED) is 0.395. The van der Waals surface area contributed by atoms with Crippen molar-refractivity contribution in [2.24, 2.45) is 0 Å². The predicted octanol–water partition coefficient (Wildman–Crippen LogP) is 0.351. The first-order chi connectivity index (χ1) is 6.66. The zero-order valence-electron chi connectivity index (χ0n) is 7.91. The lowest BCUT2D eigenvalue weighted by Crippen LogP contribution is -2.23. The van der Waals surface area contributed by atoms with Gasteiger partial charge in [0.15, 0.2) is 5.78 Å². The third-order valence-electron chi connectivity index (χ3n) is 1.81. The zero-order valence-corrected chi connectivity index (χ0v) is 7.91. The lowest BCUT2D eigenvalue weighted by atomic mass is 10.1. The first-order valence-electron chi connectivity index (χ1n) is 4.37. The average Bonchev–Trinajstić information content (AvgIpc) is 2.18. The van der Waals surface area contributed by atoms with E-state index in [2.05, 4.69) is 4.74 Å². The standard InChI is InChI=1S/C9H12O5/c1-2-14-9(12)8(11)6-5-13-4-3-7(6)10/h11H,2-5H2,1H3/b8-6+. The third kappa shape index (κ3) is 2.32. The molecule has 5 heteroatoms. The predicted molar refractivity (Wildman–Crippen MR) is 46.7 cm³/mol. The number of ketones is 1. The maximum Gasteiger partial charge on any atom is 0.373 e. The summed E-state index contributed by atoms with van der Waals surface area (Å²) in [6.07, 6.45) is 0.193. The molecule has 5 nitrogen and oxygen atoms in total. The lowest BCUT2D eigenvalue weighted by molar-refractivity contribution is -0.142. The summed E-state index contributed by atoms with van der Waals surface area (Å²) in [6, 6.07) is 0. The molecule has 1 rings (SSSR count). The molecule has 0 unspecified atom stereocenters. The summed E-state index contributed by atoms with van der Waals surface area (Å²) < 4.78 is 9.51. The molecule has 1 heterocycles. The van der Waals surface area contributed by atoms with Gasteiger partial charge in [0.1, 0.15) is 0 Å². The van der Waals surface area contributed by atoms with Gasteiger partial charge in [0, 0.05) is 6.42 Å². The van der Waals surface area contributed by atoms with Crippen molar-refractivity contribution in [3.05, 3.63) is 11.3 Å². The first kappa shape index (κ1) is 10.7. The van der Waals surface area contributed by atoms with Gasteiger partial charge in [0.05, 0.1) is 25.4 Å². The first-order valence-corrected chi connectivity index (χ1v) is 4.37. The summed E-state index contributed by atoms with van der Waals surface area (Å²) in [5.74, 6) is -1.76. The topological polar surface area (TPSA) is 72.8 Å². The molecule has 78 valence electrons. The average molecular weight is 200 g/mol. The third-order valence-corrected chi connectivity index (χ3v) is 1.81. The largest absolute Gasteiger partial charge is 0.501 e. The molecular formula is C9H12O5. The van der Waals surface area contributed by atoms with E-state index in [4.69, 9.17) is 4.74 Å². The van der Waals surface area contributed by atoms with E-state index >= 15 is 0 Å². The number of aliphatic hydroxyl groups excluding tert-OH is 1. The number of carbonyl (C=O) groups excluding carboxylic acids is 2. The molecule has 1 N–H and O–H groups in total. The van der Waals surface area contributed by atoms with E-state index in [-0.39, 0.29) is 31.0 Å². The molecule has 0 aromatic carbocycles. The molecule has 14 heavy (non-hydrogen) atoms. The molecule has 0 aromatic rings. The number of hydrogen-bond donors (Lipinski definition) is 1. The highest BCUT2D eigenvalue weighted by molar-refractivity contribution is 6.03. The SMILES string of the molecule is CCOC(=O)/C(O)=C1/COCCC1=O. The second-order valence-electron chi connectivity index (χ2n) is 2.77. The van der Waals surface area contributed by atoms with Crippen molar-refractivity contribution in [1.82, 2.24) is 0 Å². The van der Waals surface area contributed by atoms with Crippen molar-refractivity contribution in [2.45, 2.75) is 13.3 Å². The maximum absolute atomic E-state index is 11.2. The summed E-state index contributed by atoms with van der Waals surface area (Å²) in [6.45, 7) is 2.09. The van der Waals surface area contributed by atoms with E-state index in [1.807, 2.05) is 0 Å². The molecule has 0 radical (unpaired) electrons. The zero-order chi connectivity index (χ0) is 10.6. The normalized spacial score (nSPS) is 20.5. The molecule has 1 fully saturated rings. The van der Waals surface area contributed by atoms with E-state index in [1.54, 1.807) is 6.92 Å². The van der Waals surface area contributed by atoms with Gasteiger partial charge in [-0.2, -0.15) is 0 Å². The Kier molecular flexibility index (Phi) is 3.64. The summed E-state index contributed by atoms with van der Waals surface area (Å²) in [5, 5.41) is 9.35. The smallest absolute Gasteiger partial charge is 0.373 e. The van der Waals surface area contributed by atoms with E-state index in [0.717, 1.165) is 0 Å². The number of aliphatic hydroxyl groups is 1. The Balaban J connectivity index is 2.79. The lowest BCUT2D eigenvalue weighted by Gasteiger charge is -2.14. The number of Topliss-reactive ketones (excluding diaryl/α,β-unsaturated/α-hetero) is 1. The molecule has 0 saturated carbocycles. The number of rotatable bonds is 2. The summed E-state index contributed by atoms with van der Waals surface area (Å²) in [4.78, 5) is 22.3. The summed E-state index contributed by atoms with van der Waals surface area (Å²) >= 11 is 0. The van der Waals surface area contributed by atoms with Crippen molar-refractivity contribution < 1.29 is 24.2 Å². The molecule has 0 amide bonds. The van der Waals surface area contributed by atoms with E-state index in [9.17, 15) is 14.7 Å². The van der Waals surface area contributed by atoms with Crippen LogP contribution in [0.4, 0.5) is 0 Å². The van der Waals surface area contributed by atoms with Crippen molar-refractivity contribution in [3.8, 4) is 0 Å². The number of carbonyl (C=O) groups is 2. The Morgan fingerprint density at radius 3 is 2.93 bits per heavy atom. The van der Waals surface area contributed by atoms with Gasteiger partial charge in [-0.25, -0.2) is 4.79 Å². The van der Waals surface area contributed by atoms with Crippen LogP contribution in [0.1, 0.15) is 13.3 Å². The number of ether oxygens (including phenoxy) is 2. The van der Waals surface area contributed by atoms with Gasteiger partial charge in [-0.3, -0.25) is 4.79 Å². The van der Waals surface area contributed by atoms with Crippen LogP contribution in [0.3, 0.4) is 0 Å². The molecule has 0 aromatic heterocycles. The summed E-state index contributed by atoms with van der Waals surface area (Å²) in [5.41, 5.74) is 0.00898. The van der Waals surface area contributed by atoms with Crippen LogP contribution >= 0.6 is 0 Å². The number of hydrogen-bond acceptors (Lipinski definition) is 5. The Labute approximate surface area is 81.3 Å². The molecule has 0 aliphatic carbocycles. The van der Waals surface area contributed by atoms with Gasteiger partial charge in [-0.05, 0) is 6.92 Å². The minimum absolute atomic E-state index is 0.00898. The van der Waals surface area contributed by atoms with Crippen LogP contribution in [0.2, 0.25) is 0 Å². The molecule has 1 aliphatic heterocycles. The Morgan fingerprint density at radius 2 is 2.36 bits per heavy atom. The Bertz CT molecular complexity index is 279. The van der Waals surface area contributed by atoms with Gasteiger partial charge in [0.25, 0.3) is 0 Å². The maximum atomic E-state index is 11.2. The highest BCUT2D eigenvalue weighted by Crippen LogP contribution is 2.13. The molecule has 0 atom stereocenters. The van der Waals surface area contributed by atoms with Crippen molar-refractivity contribution in [1.29, 1.82) is 0 Å². The van der Waals surface area contributed by atoms with Crippen molar-refractivity contribution in [3.63, 3.8) is 0 Å². The van der Waals surface area contributed by atoms with Crippen LogP contribution in [-0.4, -0.2) is 36.7 Å². The van der Waals surface area contributed by atoms with Gasteiger partial charge < -0.3 is 14.6 Å². The monoisotopic (exact) mass is 200 g/mol. The second kappa shape index (κ2) is 4.76. The van der Waals surface area contributed by atoms with Gasteiger partial charge in [-0.1, -0.05) is 0 Å².